The van der Waals surface area contributed by atoms with E-state index in [4.69, 9.17) is 0 Å². The number of sulfonamides is 1. The van der Waals surface area contributed by atoms with Crippen molar-refractivity contribution in [3.05, 3.63) is 38.9 Å². The van der Waals surface area contributed by atoms with Crippen molar-refractivity contribution in [1.82, 2.24) is 13.9 Å². The predicted octanol–water partition coefficient (Wildman–Crippen LogP) is 2.64. The Balaban J connectivity index is 1.47. The molecule has 1 aliphatic rings. The van der Waals surface area contributed by atoms with Crippen molar-refractivity contribution >= 4 is 54.0 Å². The van der Waals surface area contributed by atoms with Crippen LogP contribution in [-0.4, -0.2) is 41.3 Å². The largest absolute Gasteiger partial charge is 0.307 e. The normalized spacial score (nSPS) is 15.2. The summed E-state index contributed by atoms with van der Waals surface area (Å²) in [6.45, 7) is 3.24. The number of amides is 1. The molecule has 0 saturated carbocycles. The Morgan fingerprint density at radius 3 is 2.72 bits per heavy atom. The lowest BCUT2D eigenvalue weighted by Gasteiger charge is -2.15. The van der Waals surface area contributed by atoms with E-state index in [1.165, 1.54) is 15.6 Å². The lowest BCUT2D eigenvalue weighted by atomic mass is 10.3. The summed E-state index contributed by atoms with van der Waals surface area (Å²) in [6.07, 6.45) is 1.92. The molecule has 3 aromatic rings. The van der Waals surface area contributed by atoms with Crippen molar-refractivity contribution in [2.45, 2.75) is 37.6 Å². The Bertz CT molecular complexity index is 1220. The van der Waals surface area contributed by atoms with Crippen LogP contribution in [0.25, 0.3) is 10.2 Å². The molecule has 0 atom stereocenters. The second-order valence-electron chi connectivity index (χ2n) is 6.85. The van der Waals surface area contributed by atoms with E-state index < -0.39 is 10.0 Å². The van der Waals surface area contributed by atoms with E-state index >= 15 is 0 Å². The van der Waals surface area contributed by atoms with Crippen LogP contribution in [0.5, 0.6) is 0 Å². The van der Waals surface area contributed by atoms with E-state index in [0.717, 1.165) is 29.9 Å². The number of nitrogens with zero attached hydrogens (tertiary/aromatic N) is 3. The minimum absolute atomic E-state index is 0.0815. The SMILES string of the molecule is Cc1csc(=O)n1CCC(=O)Nc1nc2ccc(S(=O)(=O)N3CCCC3)cc2s1. The fraction of sp³-hybridized carbons (Fsp3) is 0.389. The summed E-state index contributed by atoms with van der Waals surface area (Å²) >= 11 is 2.35. The number of nitrogens with one attached hydrogen (secondary N) is 1. The van der Waals surface area contributed by atoms with Gasteiger partial charge in [0.2, 0.25) is 15.9 Å². The molecule has 1 aliphatic heterocycles. The summed E-state index contributed by atoms with van der Waals surface area (Å²) in [5.74, 6) is -0.244. The zero-order chi connectivity index (χ0) is 20.6. The molecular weight excluding hydrogens is 432 g/mol. The molecular formula is C18H20N4O4S3. The van der Waals surface area contributed by atoms with E-state index in [1.54, 1.807) is 28.1 Å². The van der Waals surface area contributed by atoms with Gasteiger partial charge in [-0.25, -0.2) is 13.4 Å². The number of aromatic nitrogens is 2. The molecule has 154 valence electrons. The first kappa shape index (κ1) is 20.2. The molecule has 8 nitrogen and oxygen atoms in total. The van der Waals surface area contributed by atoms with Crippen LogP contribution in [0.2, 0.25) is 0 Å². The van der Waals surface area contributed by atoms with Crippen molar-refractivity contribution in [1.29, 1.82) is 0 Å². The maximum Gasteiger partial charge on any atom is 0.307 e. The summed E-state index contributed by atoms with van der Waals surface area (Å²) in [5.41, 5.74) is 1.47. The van der Waals surface area contributed by atoms with E-state index in [0.29, 0.717) is 35.0 Å². The van der Waals surface area contributed by atoms with Gasteiger partial charge in [0.05, 0.1) is 15.1 Å². The zero-order valence-electron chi connectivity index (χ0n) is 15.8. The first-order chi connectivity index (χ1) is 13.8. The molecule has 1 fully saturated rings. The summed E-state index contributed by atoms with van der Waals surface area (Å²) in [5, 5.41) is 4.92. The molecule has 1 N–H and O–H groups in total. The zero-order valence-corrected chi connectivity index (χ0v) is 18.2. The van der Waals surface area contributed by atoms with Gasteiger partial charge in [0.25, 0.3) is 0 Å². The minimum Gasteiger partial charge on any atom is -0.303 e. The smallest absolute Gasteiger partial charge is 0.303 e. The molecule has 0 bridgehead atoms. The van der Waals surface area contributed by atoms with E-state index in [1.807, 2.05) is 6.92 Å². The molecule has 0 unspecified atom stereocenters. The predicted molar refractivity (Wildman–Crippen MR) is 114 cm³/mol. The van der Waals surface area contributed by atoms with Crippen molar-refractivity contribution in [2.24, 2.45) is 0 Å². The van der Waals surface area contributed by atoms with Gasteiger partial charge in [0.1, 0.15) is 0 Å². The third-order valence-corrected chi connectivity index (χ3v) is 8.56. The fourth-order valence-corrected chi connectivity index (χ4v) is 6.57. The van der Waals surface area contributed by atoms with Crippen LogP contribution in [0, 0.1) is 6.92 Å². The summed E-state index contributed by atoms with van der Waals surface area (Å²) in [7, 11) is -3.49. The van der Waals surface area contributed by atoms with Gasteiger partial charge in [0.15, 0.2) is 5.13 Å². The Hall–Kier alpha value is -2.08. The Labute approximate surface area is 175 Å². The Kier molecular flexibility index (Phi) is 5.56. The quantitative estimate of drug-likeness (QED) is 0.620. The van der Waals surface area contributed by atoms with Crippen LogP contribution in [0.3, 0.4) is 0 Å². The first-order valence-corrected chi connectivity index (χ1v) is 12.3. The third kappa shape index (κ3) is 4.13. The van der Waals surface area contributed by atoms with Gasteiger partial charge in [-0.05, 0) is 38.0 Å². The number of benzene rings is 1. The highest BCUT2D eigenvalue weighted by molar-refractivity contribution is 7.89. The van der Waals surface area contributed by atoms with E-state index in [9.17, 15) is 18.0 Å². The van der Waals surface area contributed by atoms with Crippen molar-refractivity contribution < 1.29 is 13.2 Å². The van der Waals surface area contributed by atoms with Gasteiger partial charge in [-0.1, -0.05) is 22.7 Å². The second-order valence-corrected chi connectivity index (χ2v) is 10.6. The summed E-state index contributed by atoms with van der Waals surface area (Å²) in [4.78, 5) is 28.5. The highest BCUT2D eigenvalue weighted by Crippen LogP contribution is 2.30. The first-order valence-electron chi connectivity index (χ1n) is 9.20. The van der Waals surface area contributed by atoms with Gasteiger partial charge >= 0.3 is 4.87 Å². The standard InChI is InChI=1S/C18H20N4O4S3/c1-12-11-27-18(24)22(12)9-6-16(23)20-17-19-14-5-4-13(10-15(14)28-17)29(25,26)21-7-2-3-8-21/h4-5,10-11H,2-3,6-9H2,1H3,(H,19,20,23). The minimum atomic E-state index is -3.49. The molecule has 4 rings (SSSR count). The van der Waals surface area contributed by atoms with Crippen LogP contribution < -0.4 is 10.2 Å². The second kappa shape index (κ2) is 7.98. The number of hydrogen-bond acceptors (Lipinski definition) is 7. The maximum absolute atomic E-state index is 12.7. The lowest BCUT2D eigenvalue weighted by Crippen LogP contribution is -2.27. The average molecular weight is 453 g/mol. The molecule has 0 aliphatic carbocycles. The number of hydrogen-bond donors (Lipinski definition) is 1. The number of carbonyl (C=O) groups excluding carboxylic acids is 1. The van der Waals surface area contributed by atoms with Crippen LogP contribution in [0.4, 0.5) is 5.13 Å². The van der Waals surface area contributed by atoms with Gasteiger partial charge in [-0.3, -0.25) is 9.59 Å². The molecule has 0 radical (unpaired) electrons. The summed E-state index contributed by atoms with van der Waals surface area (Å²) < 4.78 is 29.2. The molecule has 1 saturated heterocycles. The molecule has 2 aromatic heterocycles. The molecule has 1 aromatic carbocycles. The topological polar surface area (TPSA) is 101 Å². The molecule has 0 spiro atoms. The maximum atomic E-state index is 12.7. The van der Waals surface area contributed by atoms with Gasteiger partial charge < -0.3 is 9.88 Å². The number of thiazole rings is 2. The fourth-order valence-electron chi connectivity index (χ4n) is 3.27. The van der Waals surface area contributed by atoms with Crippen LogP contribution >= 0.6 is 22.7 Å². The van der Waals surface area contributed by atoms with Crippen LogP contribution in [-0.2, 0) is 21.4 Å². The van der Waals surface area contributed by atoms with Gasteiger partial charge in [0, 0.05) is 37.1 Å². The number of aryl methyl sites for hydroxylation is 1. The highest BCUT2D eigenvalue weighted by Gasteiger charge is 2.27. The van der Waals surface area contributed by atoms with Crippen LogP contribution in [0.1, 0.15) is 25.0 Å². The highest BCUT2D eigenvalue weighted by atomic mass is 32.2. The van der Waals surface area contributed by atoms with E-state index in [2.05, 4.69) is 10.3 Å². The molecule has 3 heterocycles. The number of carbonyl (C=O) groups is 1. The lowest BCUT2D eigenvalue weighted by molar-refractivity contribution is -0.116. The summed E-state index contributed by atoms with van der Waals surface area (Å²) in [6, 6.07) is 4.84. The molecule has 1 amide bonds. The van der Waals surface area contributed by atoms with Gasteiger partial charge in [-0.15, -0.1) is 0 Å². The third-order valence-electron chi connectivity index (χ3n) is 4.85. The molecule has 29 heavy (non-hydrogen) atoms. The number of rotatable bonds is 6. The van der Waals surface area contributed by atoms with Crippen molar-refractivity contribution in [3.63, 3.8) is 0 Å². The van der Waals surface area contributed by atoms with Crippen LogP contribution in [0.15, 0.2) is 33.3 Å². The Morgan fingerprint density at radius 1 is 1.28 bits per heavy atom. The Morgan fingerprint density at radius 2 is 2.03 bits per heavy atom. The molecule has 11 heteroatoms. The monoisotopic (exact) mass is 452 g/mol. The number of fused-ring (bicyclic) bond motifs is 1. The van der Waals surface area contributed by atoms with Crippen molar-refractivity contribution in [2.75, 3.05) is 18.4 Å². The average Bonchev–Trinajstić information content (AvgIpc) is 3.40. The van der Waals surface area contributed by atoms with Gasteiger partial charge in [-0.2, -0.15) is 4.31 Å². The van der Waals surface area contributed by atoms with Crippen molar-refractivity contribution in [3.8, 4) is 0 Å². The number of anilines is 1. The van der Waals surface area contributed by atoms with E-state index in [-0.39, 0.29) is 22.1 Å².